The summed E-state index contributed by atoms with van der Waals surface area (Å²) in [6.45, 7) is 18.9. The molecule has 0 radical (unpaired) electrons. The van der Waals surface area contributed by atoms with Gasteiger partial charge >= 0.3 is 16.3 Å². The van der Waals surface area contributed by atoms with Crippen LogP contribution in [0.3, 0.4) is 0 Å². The molecule has 1 rings (SSSR count). The van der Waals surface area contributed by atoms with Gasteiger partial charge in [0.25, 0.3) is 0 Å². The lowest BCUT2D eigenvalue weighted by Gasteiger charge is -2.36. The van der Waals surface area contributed by atoms with Gasteiger partial charge in [0.1, 0.15) is 0 Å². The molecule has 0 atom stereocenters. The van der Waals surface area contributed by atoms with Crippen molar-refractivity contribution in [2.45, 2.75) is 125 Å². The number of rotatable bonds is 13. The molecule has 202 valence electrons. The molecular formula is C28H50N2O4S. The second-order valence-corrected chi connectivity index (χ2v) is 13.6. The molecule has 0 spiro atoms. The molecule has 0 aliphatic carbocycles. The van der Waals surface area contributed by atoms with Crippen LogP contribution in [0.4, 0.5) is 10.5 Å². The molecule has 0 unspecified atom stereocenters. The van der Waals surface area contributed by atoms with Gasteiger partial charge in [0.2, 0.25) is 0 Å². The van der Waals surface area contributed by atoms with Gasteiger partial charge in [-0.2, -0.15) is 17.0 Å². The van der Waals surface area contributed by atoms with Crippen LogP contribution in [-0.4, -0.2) is 37.0 Å². The van der Waals surface area contributed by atoms with Crippen LogP contribution >= 0.6 is 0 Å². The SMILES string of the molecule is CCCCCCN(CCCCCC)S(=O)(=O)N(C(=O)O)c1c(C(C)(C)C)cc(C)cc1C(C)(C)C. The average Bonchev–Trinajstić information content (AvgIpc) is 2.71. The molecule has 35 heavy (non-hydrogen) atoms. The number of hydrogen-bond donors (Lipinski definition) is 1. The lowest BCUT2D eigenvalue weighted by atomic mass is 9.77. The Labute approximate surface area is 215 Å². The Kier molecular flexibility index (Phi) is 11.8. The standard InChI is InChI=1S/C28H50N2O4S/c1-10-12-14-16-18-29(19-17-15-13-11-2)35(33,34)30(26(31)32)25-23(27(4,5)6)20-22(3)21-24(25)28(7,8)9/h20-21H,10-19H2,1-9H3,(H,31,32). The Bertz CT molecular complexity index is 880. The van der Waals surface area contributed by atoms with Crippen LogP contribution in [0.25, 0.3) is 0 Å². The third-order valence-corrected chi connectivity index (χ3v) is 8.14. The summed E-state index contributed by atoms with van der Waals surface area (Å²) in [7, 11) is -4.30. The third kappa shape index (κ3) is 8.78. The Morgan fingerprint density at radius 1 is 0.800 bits per heavy atom. The third-order valence-electron chi connectivity index (χ3n) is 6.33. The van der Waals surface area contributed by atoms with Gasteiger partial charge in [-0.15, -0.1) is 0 Å². The summed E-state index contributed by atoms with van der Waals surface area (Å²) in [6, 6.07) is 3.87. The predicted octanol–water partition coefficient (Wildman–Crippen LogP) is 7.78. The molecule has 0 aliphatic rings. The topological polar surface area (TPSA) is 77.9 Å². The van der Waals surface area contributed by atoms with Crippen LogP contribution in [0.2, 0.25) is 0 Å². The normalized spacial score (nSPS) is 12.9. The Balaban J connectivity index is 3.73. The van der Waals surface area contributed by atoms with E-state index in [-0.39, 0.29) is 5.69 Å². The number of amides is 1. The molecule has 0 aromatic heterocycles. The molecule has 6 nitrogen and oxygen atoms in total. The fraction of sp³-hybridized carbons (Fsp3) is 0.750. The van der Waals surface area contributed by atoms with Crippen LogP contribution in [0.15, 0.2) is 12.1 Å². The number of nitrogens with zero attached hydrogens (tertiary/aromatic N) is 2. The number of aryl methyl sites for hydroxylation is 1. The van der Waals surface area contributed by atoms with Crippen molar-refractivity contribution < 1.29 is 18.3 Å². The minimum atomic E-state index is -4.30. The minimum absolute atomic E-state index is 0.287. The summed E-state index contributed by atoms with van der Waals surface area (Å²) < 4.78 is 30.3. The van der Waals surface area contributed by atoms with Crippen LogP contribution in [-0.2, 0) is 21.0 Å². The van der Waals surface area contributed by atoms with E-state index in [1.807, 2.05) is 60.6 Å². The monoisotopic (exact) mass is 510 g/mol. The molecule has 0 heterocycles. The molecule has 1 N–H and O–H groups in total. The van der Waals surface area contributed by atoms with Gasteiger partial charge in [0.05, 0.1) is 5.69 Å². The summed E-state index contributed by atoms with van der Waals surface area (Å²) in [5.74, 6) is 0. The first-order chi connectivity index (χ1) is 16.1. The second-order valence-electron chi connectivity index (χ2n) is 11.8. The summed E-state index contributed by atoms with van der Waals surface area (Å²) in [5, 5.41) is 10.4. The van der Waals surface area contributed by atoms with Crippen molar-refractivity contribution in [3.05, 3.63) is 28.8 Å². The zero-order valence-electron chi connectivity index (χ0n) is 23.7. The van der Waals surface area contributed by atoms with Gasteiger partial charge in [-0.3, -0.25) is 0 Å². The number of hydrogen-bond acceptors (Lipinski definition) is 3. The Hall–Kier alpha value is -1.60. The average molecular weight is 511 g/mol. The van der Waals surface area contributed by atoms with Crippen LogP contribution < -0.4 is 4.31 Å². The molecular weight excluding hydrogens is 460 g/mol. The maximum atomic E-state index is 14.1. The predicted molar refractivity (Wildman–Crippen MR) is 148 cm³/mol. The zero-order valence-corrected chi connectivity index (χ0v) is 24.5. The molecule has 1 aromatic rings. The van der Waals surface area contributed by atoms with E-state index in [0.29, 0.717) is 17.4 Å². The van der Waals surface area contributed by atoms with Crippen molar-refractivity contribution in [1.29, 1.82) is 0 Å². The molecule has 0 saturated carbocycles. The van der Waals surface area contributed by atoms with Crippen molar-refractivity contribution in [2.24, 2.45) is 0 Å². The van der Waals surface area contributed by atoms with Gasteiger partial charge < -0.3 is 5.11 Å². The van der Waals surface area contributed by atoms with Crippen LogP contribution in [0.5, 0.6) is 0 Å². The fourth-order valence-corrected chi connectivity index (χ4v) is 5.91. The van der Waals surface area contributed by atoms with Gasteiger partial charge in [0.15, 0.2) is 0 Å². The highest BCUT2D eigenvalue weighted by atomic mass is 32.2. The smallest absolute Gasteiger partial charge is 0.426 e. The Morgan fingerprint density at radius 2 is 1.20 bits per heavy atom. The largest absolute Gasteiger partial charge is 0.464 e. The van der Waals surface area contributed by atoms with E-state index < -0.39 is 27.1 Å². The first-order valence-corrected chi connectivity index (χ1v) is 14.7. The van der Waals surface area contributed by atoms with Gasteiger partial charge in [-0.25, -0.2) is 4.79 Å². The molecule has 7 heteroatoms. The van der Waals surface area contributed by atoms with Crippen molar-refractivity contribution in [3.8, 4) is 0 Å². The lowest BCUT2D eigenvalue weighted by molar-refractivity contribution is 0.205. The molecule has 0 bridgehead atoms. The number of anilines is 1. The summed E-state index contributed by atoms with van der Waals surface area (Å²) in [4.78, 5) is 12.8. The van der Waals surface area contributed by atoms with Crippen molar-refractivity contribution in [2.75, 3.05) is 17.4 Å². The van der Waals surface area contributed by atoms with Crippen molar-refractivity contribution in [1.82, 2.24) is 4.31 Å². The van der Waals surface area contributed by atoms with Gasteiger partial charge in [-0.05, 0) is 41.7 Å². The number of benzene rings is 1. The maximum absolute atomic E-state index is 14.1. The summed E-state index contributed by atoms with van der Waals surface area (Å²) in [6.07, 6.45) is 6.01. The van der Waals surface area contributed by atoms with Gasteiger partial charge in [0, 0.05) is 13.1 Å². The van der Waals surface area contributed by atoms with E-state index in [2.05, 4.69) is 13.8 Å². The molecule has 0 fully saturated rings. The highest BCUT2D eigenvalue weighted by Gasteiger charge is 2.40. The minimum Gasteiger partial charge on any atom is -0.464 e. The highest BCUT2D eigenvalue weighted by molar-refractivity contribution is 7.91. The van der Waals surface area contributed by atoms with E-state index in [0.717, 1.165) is 68.1 Å². The van der Waals surface area contributed by atoms with E-state index in [4.69, 9.17) is 0 Å². The molecule has 0 saturated heterocycles. The van der Waals surface area contributed by atoms with Crippen LogP contribution in [0.1, 0.15) is 123 Å². The first kappa shape index (κ1) is 31.4. The fourth-order valence-electron chi connectivity index (χ4n) is 4.34. The molecule has 0 aliphatic heterocycles. The molecule has 1 aromatic carbocycles. The summed E-state index contributed by atoms with van der Waals surface area (Å²) in [5.41, 5.74) is 1.84. The summed E-state index contributed by atoms with van der Waals surface area (Å²) >= 11 is 0. The van der Waals surface area contributed by atoms with Gasteiger partial charge in [-0.1, -0.05) is 112 Å². The maximum Gasteiger partial charge on any atom is 0.426 e. The molecule has 1 amide bonds. The second kappa shape index (κ2) is 13.1. The number of carbonyl (C=O) groups is 1. The van der Waals surface area contributed by atoms with Crippen LogP contribution in [0, 0.1) is 6.92 Å². The van der Waals surface area contributed by atoms with E-state index in [1.54, 1.807) is 0 Å². The Morgan fingerprint density at radius 3 is 1.51 bits per heavy atom. The number of carboxylic acid groups (broad SMARTS) is 1. The quantitative estimate of drug-likeness (QED) is 0.275. The van der Waals surface area contributed by atoms with E-state index >= 15 is 0 Å². The number of unbranched alkanes of at least 4 members (excludes halogenated alkanes) is 6. The first-order valence-electron chi connectivity index (χ1n) is 13.3. The van der Waals surface area contributed by atoms with Crippen molar-refractivity contribution in [3.63, 3.8) is 0 Å². The lowest BCUT2D eigenvalue weighted by Crippen LogP contribution is -2.48. The zero-order chi connectivity index (χ0) is 27.0. The van der Waals surface area contributed by atoms with Crippen molar-refractivity contribution >= 4 is 22.0 Å². The highest BCUT2D eigenvalue weighted by Crippen LogP contribution is 2.42. The van der Waals surface area contributed by atoms with E-state index in [1.165, 1.54) is 4.31 Å². The van der Waals surface area contributed by atoms with E-state index in [9.17, 15) is 18.3 Å².